The highest BCUT2D eigenvalue weighted by Gasteiger charge is 2.33. The molecule has 166 valence electrons. The van der Waals surface area contributed by atoms with E-state index < -0.39 is 32.3 Å². The second kappa shape index (κ2) is 8.89. The van der Waals surface area contributed by atoms with Gasteiger partial charge in [-0.15, -0.1) is 0 Å². The Hall–Kier alpha value is -4.20. The topological polar surface area (TPSA) is 148 Å². The van der Waals surface area contributed by atoms with Crippen LogP contribution in [0.5, 0.6) is 0 Å². The fourth-order valence-electron chi connectivity index (χ4n) is 2.49. The molecule has 15 heteroatoms. The molecule has 0 saturated heterocycles. The van der Waals surface area contributed by atoms with E-state index in [1.165, 1.54) is 30.3 Å². The molecule has 2 aromatic carbocycles. The molecule has 1 aromatic heterocycles. The second-order valence-electron chi connectivity index (χ2n) is 6.05. The number of alkyl halides is 3. The van der Waals surface area contributed by atoms with Gasteiger partial charge in [0.25, 0.3) is 5.69 Å². The molecule has 0 amide bonds. The molecule has 0 radical (unpaired) electrons. The van der Waals surface area contributed by atoms with Gasteiger partial charge in [0.1, 0.15) is 6.33 Å². The number of nitrogens with one attached hydrogen (secondary N) is 3. The van der Waals surface area contributed by atoms with Crippen molar-refractivity contribution in [3.63, 3.8) is 0 Å². The lowest BCUT2D eigenvalue weighted by molar-refractivity contribution is -0.384. The fraction of sp³-hybridized carbons (Fsp3) is 0.0588. The highest BCUT2D eigenvalue weighted by atomic mass is 35.5. The van der Waals surface area contributed by atoms with Crippen molar-refractivity contribution in [1.29, 1.82) is 0 Å². The molecule has 0 bridgehead atoms. The third-order valence-electron chi connectivity index (χ3n) is 3.94. The summed E-state index contributed by atoms with van der Waals surface area (Å²) in [6.45, 7) is 0. The van der Waals surface area contributed by atoms with Gasteiger partial charge in [0.15, 0.2) is 0 Å². The van der Waals surface area contributed by atoms with Crippen LogP contribution in [0.3, 0.4) is 0 Å². The lowest BCUT2D eigenvalue weighted by Crippen LogP contribution is -2.13. The van der Waals surface area contributed by atoms with Gasteiger partial charge in [-0.2, -0.15) is 13.2 Å². The summed E-state index contributed by atoms with van der Waals surface area (Å²) in [5, 5.41) is 24.2. The van der Waals surface area contributed by atoms with Crippen molar-refractivity contribution in [2.75, 3.05) is 16.2 Å². The Balaban J connectivity index is 1.87. The van der Waals surface area contributed by atoms with Crippen LogP contribution in [0, 0.1) is 20.2 Å². The number of benzene rings is 2. The first-order valence-electron chi connectivity index (χ1n) is 8.46. The third-order valence-corrected chi connectivity index (χ3v) is 4.27. The van der Waals surface area contributed by atoms with Gasteiger partial charge in [-0.1, -0.05) is 11.6 Å². The Morgan fingerprint density at radius 1 is 0.875 bits per heavy atom. The van der Waals surface area contributed by atoms with Gasteiger partial charge >= 0.3 is 11.9 Å². The zero-order valence-corrected chi connectivity index (χ0v) is 16.3. The minimum atomic E-state index is -4.73. The zero-order chi connectivity index (χ0) is 23.5. The Kier molecular flexibility index (Phi) is 6.25. The average Bonchev–Trinajstić information content (AvgIpc) is 2.73. The summed E-state index contributed by atoms with van der Waals surface area (Å²) in [5.74, 6) is -0.690. The first kappa shape index (κ1) is 22.5. The molecule has 0 aliphatic heterocycles. The quantitative estimate of drug-likeness (QED) is 0.315. The minimum absolute atomic E-state index is 0.141. The summed E-state index contributed by atoms with van der Waals surface area (Å²) in [5.41, 5.74) is 3.31. The number of hydrazine groups is 1. The number of hydrogen-bond donors (Lipinski definition) is 3. The lowest BCUT2D eigenvalue weighted by Gasteiger charge is -2.13. The van der Waals surface area contributed by atoms with Crippen LogP contribution in [0.25, 0.3) is 0 Å². The molecule has 0 aliphatic carbocycles. The predicted octanol–water partition coefficient (Wildman–Crippen LogP) is 5.15. The SMILES string of the molecule is O=[N+]([O-])c1ccc(NNc2ncnc(Nc3ccc(Cl)c(C(F)(F)F)c3)c2[N+](=O)[O-])cc1. The molecule has 32 heavy (non-hydrogen) atoms. The summed E-state index contributed by atoms with van der Waals surface area (Å²) in [4.78, 5) is 28.4. The largest absolute Gasteiger partial charge is 0.417 e. The molecule has 11 nitrogen and oxygen atoms in total. The summed E-state index contributed by atoms with van der Waals surface area (Å²) < 4.78 is 39.2. The van der Waals surface area contributed by atoms with Crippen molar-refractivity contribution in [3.8, 4) is 0 Å². The third kappa shape index (κ3) is 5.10. The number of nitro groups is 2. The van der Waals surface area contributed by atoms with Crippen LogP contribution in [0.1, 0.15) is 5.56 Å². The number of nitro benzene ring substituents is 1. The minimum Gasteiger partial charge on any atom is -0.334 e. The molecule has 3 N–H and O–H groups in total. The number of hydrogen-bond acceptors (Lipinski definition) is 9. The van der Waals surface area contributed by atoms with Crippen molar-refractivity contribution >= 4 is 46.0 Å². The van der Waals surface area contributed by atoms with Gasteiger partial charge < -0.3 is 5.32 Å². The van der Waals surface area contributed by atoms with E-state index >= 15 is 0 Å². The number of halogens is 4. The molecule has 3 aromatic rings. The molecule has 0 unspecified atom stereocenters. The van der Waals surface area contributed by atoms with E-state index in [1.54, 1.807) is 0 Å². The smallest absolute Gasteiger partial charge is 0.334 e. The summed E-state index contributed by atoms with van der Waals surface area (Å²) in [7, 11) is 0. The molecular weight excluding hydrogens is 459 g/mol. The van der Waals surface area contributed by atoms with Gasteiger partial charge in [-0.3, -0.25) is 31.1 Å². The van der Waals surface area contributed by atoms with Crippen LogP contribution in [0.2, 0.25) is 5.02 Å². The van der Waals surface area contributed by atoms with Gasteiger partial charge in [-0.05, 0) is 30.3 Å². The van der Waals surface area contributed by atoms with E-state index in [9.17, 15) is 33.4 Å². The van der Waals surface area contributed by atoms with Crippen molar-refractivity contribution in [1.82, 2.24) is 9.97 Å². The molecule has 0 fully saturated rings. The maximum absolute atomic E-state index is 13.1. The fourth-order valence-corrected chi connectivity index (χ4v) is 2.71. The first-order chi connectivity index (χ1) is 15.1. The second-order valence-corrected chi connectivity index (χ2v) is 6.46. The highest BCUT2D eigenvalue weighted by molar-refractivity contribution is 6.31. The monoisotopic (exact) mass is 469 g/mol. The Morgan fingerprint density at radius 2 is 1.50 bits per heavy atom. The average molecular weight is 470 g/mol. The van der Waals surface area contributed by atoms with Crippen molar-refractivity contribution in [2.24, 2.45) is 0 Å². The summed E-state index contributed by atoms with van der Waals surface area (Å²) in [6, 6.07) is 8.01. The van der Waals surface area contributed by atoms with E-state index in [0.717, 1.165) is 12.4 Å². The first-order valence-corrected chi connectivity index (χ1v) is 8.83. The standard InChI is InChI=1S/C17H11ClF3N7O4/c18-13-6-3-10(7-12(13)17(19,20)21)24-15-14(28(31)32)16(23-8-22-15)26-25-9-1-4-11(5-2-9)27(29)30/h1-8,25H,(H2,22,23,24,26). The molecule has 0 saturated carbocycles. The predicted molar refractivity (Wildman–Crippen MR) is 109 cm³/mol. The van der Waals surface area contributed by atoms with E-state index in [1.807, 2.05) is 0 Å². The maximum Gasteiger partial charge on any atom is 0.417 e. The van der Waals surface area contributed by atoms with Gasteiger partial charge in [0.2, 0.25) is 11.6 Å². The molecule has 0 spiro atoms. The molecule has 1 heterocycles. The number of nitrogens with zero attached hydrogens (tertiary/aromatic N) is 4. The van der Waals surface area contributed by atoms with Gasteiger partial charge in [0.05, 0.1) is 26.1 Å². The molecule has 0 aliphatic rings. The van der Waals surface area contributed by atoms with Gasteiger partial charge in [-0.25, -0.2) is 9.97 Å². The van der Waals surface area contributed by atoms with E-state index in [-0.39, 0.29) is 23.0 Å². The molecular formula is C17H11ClF3N7O4. The number of anilines is 4. The zero-order valence-electron chi connectivity index (χ0n) is 15.6. The Morgan fingerprint density at radius 3 is 2.09 bits per heavy atom. The van der Waals surface area contributed by atoms with Gasteiger partial charge in [0, 0.05) is 17.8 Å². The summed E-state index contributed by atoms with van der Waals surface area (Å²) >= 11 is 5.58. The molecule has 0 atom stereocenters. The van der Waals surface area contributed by atoms with E-state index in [4.69, 9.17) is 11.6 Å². The van der Waals surface area contributed by atoms with Crippen LogP contribution < -0.4 is 16.2 Å². The lowest BCUT2D eigenvalue weighted by atomic mass is 10.2. The van der Waals surface area contributed by atoms with Crippen molar-refractivity contribution in [3.05, 3.63) is 79.6 Å². The van der Waals surface area contributed by atoms with E-state index in [2.05, 4.69) is 26.1 Å². The maximum atomic E-state index is 13.1. The van der Waals surface area contributed by atoms with Crippen LogP contribution in [0.4, 0.5) is 47.6 Å². The summed E-state index contributed by atoms with van der Waals surface area (Å²) in [6.07, 6.45) is -3.77. The molecule has 3 rings (SSSR count). The highest BCUT2D eigenvalue weighted by Crippen LogP contribution is 2.38. The Labute approximate surface area is 181 Å². The number of aromatic nitrogens is 2. The Bertz CT molecular complexity index is 1180. The van der Waals surface area contributed by atoms with Crippen LogP contribution in [-0.2, 0) is 6.18 Å². The van der Waals surface area contributed by atoms with Crippen LogP contribution in [-0.4, -0.2) is 19.8 Å². The van der Waals surface area contributed by atoms with E-state index in [0.29, 0.717) is 11.8 Å². The van der Waals surface area contributed by atoms with Crippen molar-refractivity contribution in [2.45, 2.75) is 6.18 Å². The number of rotatable bonds is 7. The van der Waals surface area contributed by atoms with Crippen molar-refractivity contribution < 1.29 is 23.0 Å². The normalized spacial score (nSPS) is 11.0. The van der Waals surface area contributed by atoms with Crippen LogP contribution in [0.15, 0.2) is 48.8 Å². The van der Waals surface area contributed by atoms with Crippen LogP contribution >= 0.6 is 11.6 Å². The number of non-ortho nitro benzene ring substituents is 1.